The number of carbonyl (C=O) groups is 1. The molecule has 0 spiro atoms. The van der Waals surface area contributed by atoms with E-state index in [0.29, 0.717) is 6.54 Å². The van der Waals surface area contributed by atoms with Crippen molar-refractivity contribution < 1.29 is 4.79 Å². The first-order valence-corrected chi connectivity index (χ1v) is 9.16. The zero-order chi connectivity index (χ0) is 15.9. The SMILES string of the molecule is Cl.O=C(NCC(Cc1ccccc1)c1ccccc1)C1CSCN1. The van der Waals surface area contributed by atoms with Crippen LogP contribution in [0, 0.1) is 0 Å². The van der Waals surface area contributed by atoms with Crippen molar-refractivity contribution in [2.24, 2.45) is 0 Å². The van der Waals surface area contributed by atoms with Gasteiger partial charge in [0.05, 0.1) is 6.04 Å². The summed E-state index contributed by atoms with van der Waals surface area (Å²) in [7, 11) is 0. The average molecular weight is 363 g/mol. The number of thioether (sulfide) groups is 1. The smallest absolute Gasteiger partial charge is 0.238 e. The average Bonchev–Trinajstić information content (AvgIpc) is 3.15. The van der Waals surface area contributed by atoms with Gasteiger partial charge in [-0.25, -0.2) is 0 Å². The number of rotatable bonds is 6. The van der Waals surface area contributed by atoms with Gasteiger partial charge < -0.3 is 5.32 Å². The minimum absolute atomic E-state index is 0. The van der Waals surface area contributed by atoms with Crippen LogP contribution in [-0.2, 0) is 11.2 Å². The highest BCUT2D eigenvalue weighted by atomic mass is 35.5. The molecule has 1 amide bonds. The van der Waals surface area contributed by atoms with Crippen LogP contribution < -0.4 is 10.6 Å². The summed E-state index contributed by atoms with van der Waals surface area (Å²) in [6.07, 6.45) is 0.929. The maximum Gasteiger partial charge on any atom is 0.238 e. The summed E-state index contributed by atoms with van der Waals surface area (Å²) in [5.41, 5.74) is 2.57. The van der Waals surface area contributed by atoms with E-state index in [4.69, 9.17) is 0 Å². The van der Waals surface area contributed by atoms with E-state index in [1.54, 1.807) is 11.8 Å². The Morgan fingerprint density at radius 1 is 1.12 bits per heavy atom. The number of carbonyl (C=O) groups excluding carboxylic acids is 1. The molecule has 24 heavy (non-hydrogen) atoms. The number of hydrogen-bond donors (Lipinski definition) is 2. The fourth-order valence-electron chi connectivity index (χ4n) is 2.84. The number of benzene rings is 2. The third-order valence-electron chi connectivity index (χ3n) is 4.15. The van der Waals surface area contributed by atoms with Crippen LogP contribution in [0.4, 0.5) is 0 Å². The fourth-order valence-corrected chi connectivity index (χ4v) is 3.78. The summed E-state index contributed by atoms with van der Waals surface area (Å²) in [5.74, 6) is 2.13. The van der Waals surface area contributed by atoms with Crippen LogP contribution in [-0.4, -0.2) is 30.1 Å². The summed E-state index contributed by atoms with van der Waals surface area (Å²) < 4.78 is 0. The summed E-state index contributed by atoms with van der Waals surface area (Å²) >= 11 is 1.77. The highest BCUT2D eigenvalue weighted by Crippen LogP contribution is 2.20. The molecule has 0 radical (unpaired) electrons. The second-order valence-corrected chi connectivity index (χ2v) is 6.84. The normalized spacial score (nSPS) is 17.8. The molecule has 0 saturated carbocycles. The van der Waals surface area contributed by atoms with Gasteiger partial charge in [0.2, 0.25) is 5.91 Å². The zero-order valence-corrected chi connectivity index (χ0v) is 15.1. The molecule has 0 bridgehead atoms. The van der Waals surface area contributed by atoms with Gasteiger partial charge >= 0.3 is 0 Å². The highest BCUT2D eigenvalue weighted by molar-refractivity contribution is 7.99. The van der Waals surface area contributed by atoms with E-state index >= 15 is 0 Å². The molecule has 3 nitrogen and oxygen atoms in total. The molecule has 2 unspecified atom stereocenters. The van der Waals surface area contributed by atoms with Crippen LogP contribution in [0.1, 0.15) is 17.0 Å². The van der Waals surface area contributed by atoms with Gasteiger partial charge in [-0.1, -0.05) is 60.7 Å². The van der Waals surface area contributed by atoms with Gasteiger partial charge in [0, 0.05) is 24.1 Å². The van der Waals surface area contributed by atoms with Crippen molar-refractivity contribution in [2.75, 3.05) is 18.2 Å². The molecule has 2 N–H and O–H groups in total. The van der Waals surface area contributed by atoms with E-state index in [0.717, 1.165) is 18.1 Å². The van der Waals surface area contributed by atoms with Crippen LogP contribution in [0.3, 0.4) is 0 Å². The molecule has 1 aliphatic rings. The lowest BCUT2D eigenvalue weighted by atomic mass is 9.92. The summed E-state index contributed by atoms with van der Waals surface area (Å²) in [5, 5.41) is 6.35. The zero-order valence-electron chi connectivity index (χ0n) is 13.5. The minimum Gasteiger partial charge on any atom is -0.354 e. The van der Waals surface area contributed by atoms with Gasteiger partial charge in [0.15, 0.2) is 0 Å². The summed E-state index contributed by atoms with van der Waals surface area (Å²) in [6.45, 7) is 0.667. The lowest BCUT2D eigenvalue weighted by molar-refractivity contribution is -0.122. The largest absolute Gasteiger partial charge is 0.354 e. The van der Waals surface area contributed by atoms with Gasteiger partial charge in [-0.15, -0.1) is 24.2 Å². The van der Waals surface area contributed by atoms with Crippen LogP contribution >= 0.6 is 24.2 Å². The van der Waals surface area contributed by atoms with Gasteiger partial charge in [-0.3, -0.25) is 10.1 Å². The highest BCUT2D eigenvalue weighted by Gasteiger charge is 2.23. The lowest BCUT2D eigenvalue weighted by Gasteiger charge is -2.20. The fraction of sp³-hybridized carbons (Fsp3) is 0.316. The maximum absolute atomic E-state index is 12.2. The van der Waals surface area contributed by atoms with Gasteiger partial charge in [0.1, 0.15) is 0 Å². The topological polar surface area (TPSA) is 41.1 Å². The molecule has 2 aromatic carbocycles. The van der Waals surface area contributed by atoms with Crippen LogP contribution in [0.5, 0.6) is 0 Å². The molecule has 1 fully saturated rings. The molecular weight excluding hydrogens is 340 g/mol. The first-order chi connectivity index (χ1) is 11.3. The Morgan fingerprint density at radius 2 is 1.79 bits per heavy atom. The Morgan fingerprint density at radius 3 is 2.42 bits per heavy atom. The quantitative estimate of drug-likeness (QED) is 0.829. The predicted molar refractivity (Wildman–Crippen MR) is 104 cm³/mol. The molecule has 5 heteroatoms. The summed E-state index contributed by atoms with van der Waals surface area (Å²) in [6, 6.07) is 20.8. The van der Waals surface area contributed by atoms with Crippen molar-refractivity contribution in [1.82, 2.24) is 10.6 Å². The number of amides is 1. The summed E-state index contributed by atoms with van der Waals surface area (Å²) in [4.78, 5) is 12.2. The second kappa shape index (κ2) is 9.72. The Kier molecular flexibility index (Phi) is 7.63. The predicted octanol–water partition coefficient (Wildman–Crippen LogP) is 3.21. The number of hydrogen-bond acceptors (Lipinski definition) is 3. The third-order valence-corrected chi connectivity index (χ3v) is 5.09. The van der Waals surface area contributed by atoms with Crippen LogP contribution in [0.2, 0.25) is 0 Å². The van der Waals surface area contributed by atoms with E-state index in [-0.39, 0.29) is 30.3 Å². The molecule has 1 heterocycles. The molecule has 3 rings (SSSR count). The Balaban J connectivity index is 0.00000208. The van der Waals surface area contributed by atoms with Crippen LogP contribution in [0.15, 0.2) is 60.7 Å². The maximum atomic E-state index is 12.2. The molecule has 1 saturated heterocycles. The first kappa shape index (κ1) is 18.8. The minimum atomic E-state index is -0.0480. The van der Waals surface area contributed by atoms with Crippen molar-refractivity contribution in [3.05, 3.63) is 71.8 Å². The molecule has 0 aromatic heterocycles. The third kappa shape index (κ3) is 5.26. The van der Waals surface area contributed by atoms with E-state index in [2.05, 4.69) is 59.2 Å². The van der Waals surface area contributed by atoms with E-state index < -0.39 is 0 Å². The van der Waals surface area contributed by atoms with E-state index in [9.17, 15) is 4.79 Å². The van der Waals surface area contributed by atoms with E-state index in [1.165, 1.54) is 11.1 Å². The molecule has 2 aromatic rings. The van der Waals surface area contributed by atoms with Crippen molar-refractivity contribution >= 4 is 30.1 Å². The number of nitrogens with one attached hydrogen (secondary N) is 2. The Bertz CT molecular complexity index is 618. The molecule has 128 valence electrons. The molecule has 0 aliphatic carbocycles. The van der Waals surface area contributed by atoms with E-state index in [1.807, 2.05) is 12.1 Å². The first-order valence-electron chi connectivity index (χ1n) is 8.00. The standard InChI is InChI=1S/C19H22N2OS.ClH/c22-19(18-13-23-14-21-18)20-12-17(16-9-5-2-6-10-16)11-15-7-3-1-4-8-15;/h1-10,17-18,21H,11-14H2,(H,20,22);1H. The Hall–Kier alpha value is -1.49. The molecule has 2 atom stereocenters. The lowest BCUT2D eigenvalue weighted by Crippen LogP contribution is -2.43. The van der Waals surface area contributed by atoms with Gasteiger partial charge in [-0.2, -0.15) is 0 Å². The monoisotopic (exact) mass is 362 g/mol. The number of halogens is 1. The van der Waals surface area contributed by atoms with Gasteiger partial charge in [-0.05, 0) is 17.5 Å². The Labute approximate surface area is 154 Å². The van der Waals surface area contributed by atoms with Crippen molar-refractivity contribution in [1.29, 1.82) is 0 Å². The van der Waals surface area contributed by atoms with Crippen molar-refractivity contribution in [2.45, 2.75) is 18.4 Å². The van der Waals surface area contributed by atoms with Gasteiger partial charge in [0.25, 0.3) is 0 Å². The van der Waals surface area contributed by atoms with Crippen molar-refractivity contribution in [3.63, 3.8) is 0 Å². The van der Waals surface area contributed by atoms with Crippen molar-refractivity contribution in [3.8, 4) is 0 Å². The van der Waals surface area contributed by atoms with Crippen LogP contribution in [0.25, 0.3) is 0 Å². The second-order valence-electron chi connectivity index (χ2n) is 5.81. The molecule has 1 aliphatic heterocycles. The molecular formula is C19H23ClN2OS.